The molecule has 0 bridgehead atoms. The molecule has 0 heterocycles. The summed E-state index contributed by atoms with van der Waals surface area (Å²) in [5, 5.41) is 2.72. The van der Waals surface area contributed by atoms with Crippen molar-refractivity contribution in [3.05, 3.63) is 35.9 Å². The fourth-order valence-electron chi connectivity index (χ4n) is 1.32. The minimum atomic E-state index is -0.997. The lowest BCUT2D eigenvalue weighted by Gasteiger charge is -2.14. The van der Waals surface area contributed by atoms with Crippen LogP contribution in [0.15, 0.2) is 30.3 Å². The maximum atomic E-state index is 11.2. The molecule has 1 aromatic carbocycles. The first kappa shape index (κ1) is 12.3. The number of alkyl halides is 2. The Bertz CT molecular complexity index is 314. The molecule has 0 aliphatic carbocycles. The summed E-state index contributed by atoms with van der Waals surface area (Å²) in [6.45, 7) is 1.92. The molecule has 0 saturated heterocycles. The molecule has 1 atom stereocenters. The second-order valence-corrected chi connectivity index (χ2v) is 4.50. The van der Waals surface area contributed by atoms with E-state index in [0.29, 0.717) is 0 Å². The summed E-state index contributed by atoms with van der Waals surface area (Å²) in [5.74, 6) is -0.346. The normalized spacial score (nSPS) is 12.5. The topological polar surface area (TPSA) is 29.1 Å². The Kier molecular flexibility index (Phi) is 4.92. The van der Waals surface area contributed by atoms with Gasteiger partial charge in [-0.05, 0) is 18.9 Å². The second-order valence-electron chi connectivity index (χ2n) is 3.40. The fraction of sp³-hybridized carbons (Fsp3) is 0.364. The summed E-state index contributed by atoms with van der Waals surface area (Å²) in [6, 6.07) is 9.95. The zero-order valence-corrected chi connectivity index (χ0v) is 9.92. The van der Waals surface area contributed by atoms with Crippen LogP contribution in [0.4, 0.5) is 0 Å². The molecule has 2 nitrogen and oxygen atoms in total. The van der Waals surface area contributed by atoms with Crippen LogP contribution in [0.2, 0.25) is 0 Å². The maximum Gasteiger partial charge on any atom is 0.253 e. The molecule has 0 aliphatic heterocycles. The molecule has 1 amide bonds. The summed E-state index contributed by atoms with van der Waals surface area (Å²) in [6.07, 6.45) is 0.771. The number of rotatable bonds is 4. The highest BCUT2D eigenvalue weighted by Gasteiger charge is 2.13. The summed E-state index contributed by atoms with van der Waals surface area (Å²) in [5.41, 5.74) is 1.17. The third-order valence-electron chi connectivity index (χ3n) is 1.97. The van der Waals surface area contributed by atoms with Gasteiger partial charge in [0, 0.05) is 6.04 Å². The van der Waals surface area contributed by atoms with Gasteiger partial charge in [-0.25, -0.2) is 0 Å². The van der Waals surface area contributed by atoms with E-state index < -0.39 is 4.84 Å². The van der Waals surface area contributed by atoms with E-state index in [2.05, 4.69) is 5.32 Å². The van der Waals surface area contributed by atoms with E-state index in [4.69, 9.17) is 23.2 Å². The van der Waals surface area contributed by atoms with Crippen LogP contribution < -0.4 is 5.32 Å². The van der Waals surface area contributed by atoms with Crippen molar-refractivity contribution >= 4 is 29.1 Å². The quantitative estimate of drug-likeness (QED) is 0.812. The van der Waals surface area contributed by atoms with Crippen LogP contribution in [0.25, 0.3) is 0 Å². The highest BCUT2D eigenvalue weighted by molar-refractivity contribution is 6.53. The van der Waals surface area contributed by atoms with Crippen molar-refractivity contribution in [2.75, 3.05) is 0 Å². The lowest BCUT2D eigenvalue weighted by molar-refractivity contribution is -0.120. The molecule has 82 valence electrons. The van der Waals surface area contributed by atoms with Crippen molar-refractivity contribution in [3.8, 4) is 0 Å². The number of hydrogen-bond donors (Lipinski definition) is 1. The van der Waals surface area contributed by atoms with E-state index >= 15 is 0 Å². The first-order valence-corrected chi connectivity index (χ1v) is 5.59. The third kappa shape index (κ3) is 4.54. The highest BCUT2D eigenvalue weighted by Crippen LogP contribution is 2.05. The zero-order chi connectivity index (χ0) is 11.3. The Balaban J connectivity index is 2.43. The van der Waals surface area contributed by atoms with Crippen molar-refractivity contribution in [1.29, 1.82) is 0 Å². The highest BCUT2D eigenvalue weighted by atomic mass is 35.5. The Morgan fingerprint density at radius 2 is 1.93 bits per heavy atom. The van der Waals surface area contributed by atoms with Crippen LogP contribution >= 0.6 is 23.2 Å². The fourth-order valence-corrected chi connectivity index (χ4v) is 1.45. The molecular weight excluding hydrogens is 233 g/mol. The molecule has 4 heteroatoms. The van der Waals surface area contributed by atoms with Crippen LogP contribution in [0, 0.1) is 0 Å². The van der Waals surface area contributed by atoms with Crippen LogP contribution in [0.3, 0.4) is 0 Å². The molecule has 15 heavy (non-hydrogen) atoms. The number of hydrogen-bond acceptors (Lipinski definition) is 1. The lowest BCUT2D eigenvalue weighted by atomic mass is 10.1. The number of carbonyl (C=O) groups excluding carboxylic acids is 1. The molecule has 1 unspecified atom stereocenters. The van der Waals surface area contributed by atoms with Gasteiger partial charge in [-0.15, -0.1) is 0 Å². The molecule has 0 saturated carbocycles. The second kappa shape index (κ2) is 5.99. The lowest BCUT2D eigenvalue weighted by Crippen LogP contribution is -2.37. The van der Waals surface area contributed by atoms with Crippen molar-refractivity contribution in [2.24, 2.45) is 0 Å². The maximum absolute atomic E-state index is 11.2. The van der Waals surface area contributed by atoms with Crippen molar-refractivity contribution in [2.45, 2.75) is 24.2 Å². The van der Waals surface area contributed by atoms with E-state index in [1.807, 2.05) is 37.3 Å². The molecular formula is C11H13Cl2NO. The molecule has 0 aliphatic rings. The minimum absolute atomic E-state index is 0.0277. The van der Waals surface area contributed by atoms with Gasteiger partial charge in [0.25, 0.3) is 5.91 Å². The molecule has 0 spiro atoms. The van der Waals surface area contributed by atoms with Gasteiger partial charge in [0.1, 0.15) is 0 Å². The van der Waals surface area contributed by atoms with Gasteiger partial charge in [0.05, 0.1) is 0 Å². The number of nitrogens with one attached hydrogen (secondary N) is 1. The Morgan fingerprint density at radius 3 is 2.47 bits per heavy atom. The van der Waals surface area contributed by atoms with Gasteiger partial charge in [-0.1, -0.05) is 53.5 Å². The van der Waals surface area contributed by atoms with E-state index in [9.17, 15) is 4.79 Å². The third-order valence-corrected chi connectivity index (χ3v) is 2.37. The van der Waals surface area contributed by atoms with Crippen molar-refractivity contribution < 1.29 is 4.79 Å². The minimum Gasteiger partial charge on any atom is -0.351 e. The van der Waals surface area contributed by atoms with Crippen LogP contribution in [-0.4, -0.2) is 16.8 Å². The number of carbonyl (C=O) groups is 1. The van der Waals surface area contributed by atoms with Crippen LogP contribution in [-0.2, 0) is 11.2 Å². The van der Waals surface area contributed by atoms with Crippen molar-refractivity contribution in [3.63, 3.8) is 0 Å². The Morgan fingerprint density at radius 1 is 1.33 bits per heavy atom. The predicted octanol–water partition coefficient (Wildman–Crippen LogP) is 2.54. The molecule has 0 fully saturated rings. The summed E-state index contributed by atoms with van der Waals surface area (Å²) < 4.78 is 0. The van der Waals surface area contributed by atoms with Crippen LogP contribution in [0.1, 0.15) is 12.5 Å². The van der Waals surface area contributed by atoms with Gasteiger partial charge >= 0.3 is 0 Å². The first-order valence-electron chi connectivity index (χ1n) is 4.72. The Hall–Kier alpha value is -0.730. The average Bonchev–Trinajstić information content (AvgIpc) is 2.18. The van der Waals surface area contributed by atoms with E-state index in [0.717, 1.165) is 6.42 Å². The first-order chi connectivity index (χ1) is 7.09. The van der Waals surface area contributed by atoms with Gasteiger partial charge in [0.15, 0.2) is 4.84 Å². The molecule has 1 aromatic rings. The monoisotopic (exact) mass is 245 g/mol. The van der Waals surface area contributed by atoms with Crippen LogP contribution in [0.5, 0.6) is 0 Å². The standard InChI is InChI=1S/C11H13Cl2NO/c1-8(14-11(15)10(12)13)7-9-5-3-2-4-6-9/h2-6,8,10H,7H2,1H3,(H,14,15). The number of benzene rings is 1. The van der Waals surface area contributed by atoms with E-state index in [1.165, 1.54) is 5.56 Å². The number of halogens is 2. The smallest absolute Gasteiger partial charge is 0.253 e. The number of amides is 1. The Labute approximate surface area is 99.6 Å². The van der Waals surface area contributed by atoms with Gasteiger partial charge in [-0.3, -0.25) is 4.79 Å². The zero-order valence-electron chi connectivity index (χ0n) is 8.41. The summed E-state index contributed by atoms with van der Waals surface area (Å²) >= 11 is 10.9. The summed E-state index contributed by atoms with van der Waals surface area (Å²) in [7, 11) is 0. The largest absolute Gasteiger partial charge is 0.351 e. The molecule has 1 rings (SSSR count). The van der Waals surface area contributed by atoms with E-state index in [-0.39, 0.29) is 11.9 Å². The molecule has 1 N–H and O–H groups in total. The SMILES string of the molecule is CC(Cc1ccccc1)NC(=O)C(Cl)Cl. The van der Waals surface area contributed by atoms with E-state index in [1.54, 1.807) is 0 Å². The van der Waals surface area contributed by atoms with Gasteiger partial charge < -0.3 is 5.32 Å². The molecule has 0 radical (unpaired) electrons. The predicted molar refractivity (Wildman–Crippen MR) is 63.2 cm³/mol. The van der Waals surface area contributed by atoms with Crippen molar-refractivity contribution in [1.82, 2.24) is 5.32 Å². The molecule has 0 aromatic heterocycles. The van der Waals surface area contributed by atoms with Gasteiger partial charge in [-0.2, -0.15) is 0 Å². The average molecular weight is 246 g/mol. The summed E-state index contributed by atoms with van der Waals surface area (Å²) in [4.78, 5) is 10.2. The van der Waals surface area contributed by atoms with Gasteiger partial charge in [0.2, 0.25) is 0 Å².